The van der Waals surface area contributed by atoms with E-state index in [4.69, 9.17) is 9.84 Å². The van der Waals surface area contributed by atoms with Crippen molar-refractivity contribution in [1.82, 2.24) is 4.90 Å². The number of aliphatic carboxylic acids is 1. The summed E-state index contributed by atoms with van der Waals surface area (Å²) in [6.45, 7) is 4.40. The van der Waals surface area contributed by atoms with Gasteiger partial charge in [-0.3, -0.25) is 4.79 Å². The standard InChI is InChI=1S/C9H17NO4/c1-7(2)6-14-9(13)10(3)5-4-8(11)12/h7H,4-6H2,1-3H3,(H,11,12). The van der Waals surface area contributed by atoms with E-state index >= 15 is 0 Å². The van der Waals surface area contributed by atoms with Crippen molar-refractivity contribution in [1.29, 1.82) is 0 Å². The molecule has 0 radical (unpaired) electrons. The predicted molar refractivity (Wildman–Crippen MR) is 51.1 cm³/mol. The lowest BCUT2D eigenvalue weighted by molar-refractivity contribution is -0.137. The number of carboxylic acids is 1. The summed E-state index contributed by atoms with van der Waals surface area (Å²) in [6.07, 6.45) is -0.534. The maximum Gasteiger partial charge on any atom is 0.409 e. The van der Waals surface area contributed by atoms with E-state index in [-0.39, 0.29) is 18.9 Å². The van der Waals surface area contributed by atoms with E-state index in [0.717, 1.165) is 0 Å². The Hall–Kier alpha value is -1.26. The number of hydrogen-bond acceptors (Lipinski definition) is 3. The molecule has 0 fully saturated rings. The second-order valence-corrected chi connectivity index (χ2v) is 3.54. The van der Waals surface area contributed by atoms with Gasteiger partial charge in [-0.25, -0.2) is 4.79 Å². The van der Waals surface area contributed by atoms with Crippen LogP contribution in [0.5, 0.6) is 0 Å². The Morgan fingerprint density at radius 1 is 1.43 bits per heavy atom. The van der Waals surface area contributed by atoms with Crippen LogP contribution in [-0.2, 0) is 9.53 Å². The van der Waals surface area contributed by atoms with E-state index in [2.05, 4.69) is 0 Å². The summed E-state index contributed by atoms with van der Waals surface area (Å²) >= 11 is 0. The molecule has 0 aliphatic carbocycles. The van der Waals surface area contributed by atoms with Crippen molar-refractivity contribution in [3.8, 4) is 0 Å². The Kier molecular flexibility index (Phi) is 5.67. The highest BCUT2D eigenvalue weighted by Gasteiger charge is 2.11. The maximum atomic E-state index is 11.2. The molecular weight excluding hydrogens is 186 g/mol. The van der Waals surface area contributed by atoms with Crippen molar-refractivity contribution in [2.45, 2.75) is 20.3 Å². The molecule has 1 amide bonds. The molecule has 0 saturated heterocycles. The highest BCUT2D eigenvalue weighted by atomic mass is 16.6. The normalized spacial score (nSPS) is 10.0. The number of carboxylic acid groups (broad SMARTS) is 1. The fourth-order valence-electron chi connectivity index (χ4n) is 0.703. The first-order valence-electron chi connectivity index (χ1n) is 4.53. The summed E-state index contributed by atoms with van der Waals surface area (Å²) in [7, 11) is 1.52. The smallest absolute Gasteiger partial charge is 0.409 e. The minimum Gasteiger partial charge on any atom is -0.481 e. The van der Waals surface area contributed by atoms with Crippen LogP contribution in [-0.4, -0.2) is 42.3 Å². The lowest BCUT2D eigenvalue weighted by Gasteiger charge is -2.16. The Morgan fingerprint density at radius 2 is 2.00 bits per heavy atom. The van der Waals surface area contributed by atoms with E-state index in [9.17, 15) is 9.59 Å². The molecule has 14 heavy (non-hydrogen) atoms. The van der Waals surface area contributed by atoms with Crippen LogP contribution in [0.3, 0.4) is 0 Å². The maximum absolute atomic E-state index is 11.2. The Labute approximate surface area is 83.6 Å². The molecule has 0 unspecified atom stereocenters. The van der Waals surface area contributed by atoms with Crippen LogP contribution >= 0.6 is 0 Å². The molecule has 0 bridgehead atoms. The molecule has 0 heterocycles. The van der Waals surface area contributed by atoms with Crippen LogP contribution in [0.25, 0.3) is 0 Å². The van der Waals surface area contributed by atoms with Gasteiger partial charge in [-0.1, -0.05) is 13.8 Å². The first kappa shape index (κ1) is 12.7. The van der Waals surface area contributed by atoms with Gasteiger partial charge in [0.05, 0.1) is 13.0 Å². The highest BCUT2D eigenvalue weighted by Crippen LogP contribution is 1.97. The van der Waals surface area contributed by atoms with Gasteiger partial charge in [0.15, 0.2) is 0 Å². The summed E-state index contributed by atoms with van der Waals surface area (Å²) < 4.78 is 4.89. The third-order valence-electron chi connectivity index (χ3n) is 1.51. The Balaban J connectivity index is 3.70. The first-order valence-corrected chi connectivity index (χ1v) is 4.53. The predicted octanol–water partition coefficient (Wildman–Crippen LogP) is 1.19. The SMILES string of the molecule is CC(C)COC(=O)N(C)CCC(=O)O. The van der Waals surface area contributed by atoms with E-state index in [1.807, 2.05) is 13.8 Å². The van der Waals surface area contributed by atoms with Crippen molar-refractivity contribution in [3.05, 3.63) is 0 Å². The van der Waals surface area contributed by atoms with Gasteiger partial charge in [0.25, 0.3) is 0 Å². The number of rotatable bonds is 5. The van der Waals surface area contributed by atoms with Crippen LogP contribution < -0.4 is 0 Å². The Morgan fingerprint density at radius 3 is 2.43 bits per heavy atom. The van der Waals surface area contributed by atoms with Gasteiger partial charge >= 0.3 is 12.1 Å². The molecule has 0 aromatic carbocycles. The summed E-state index contributed by atoms with van der Waals surface area (Å²) in [5.74, 6) is -0.639. The average Bonchev–Trinajstić information content (AvgIpc) is 2.09. The van der Waals surface area contributed by atoms with Crippen molar-refractivity contribution in [2.75, 3.05) is 20.2 Å². The second kappa shape index (κ2) is 6.23. The van der Waals surface area contributed by atoms with Crippen molar-refractivity contribution < 1.29 is 19.4 Å². The van der Waals surface area contributed by atoms with Crippen LogP contribution in [0.2, 0.25) is 0 Å². The van der Waals surface area contributed by atoms with E-state index in [0.29, 0.717) is 6.61 Å². The van der Waals surface area contributed by atoms with E-state index in [1.165, 1.54) is 11.9 Å². The molecule has 0 aromatic rings. The topological polar surface area (TPSA) is 66.8 Å². The molecule has 0 aliphatic heterocycles. The minimum atomic E-state index is -0.923. The summed E-state index contributed by atoms with van der Waals surface area (Å²) in [6, 6.07) is 0. The van der Waals surface area contributed by atoms with E-state index in [1.54, 1.807) is 0 Å². The molecule has 0 aromatic heterocycles. The molecular formula is C9H17NO4. The molecule has 0 atom stereocenters. The van der Waals surface area contributed by atoms with Gasteiger partial charge in [-0.2, -0.15) is 0 Å². The van der Waals surface area contributed by atoms with Gasteiger partial charge < -0.3 is 14.7 Å². The average molecular weight is 203 g/mol. The minimum absolute atomic E-state index is 0.0622. The molecule has 0 aliphatic rings. The number of carbonyl (C=O) groups excluding carboxylic acids is 1. The van der Waals surface area contributed by atoms with Gasteiger partial charge in [-0.05, 0) is 5.92 Å². The van der Waals surface area contributed by atoms with Gasteiger partial charge in [0.2, 0.25) is 0 Å². The third kappa shape index (κ3) is 6.28. The van der Waals surface area contributed by atoms with Crippen molar-refractivity contribution in [2.24, 2.45) is 5.92 Å². The second-order valence-electron chi connectivity index (χ2n) is 3.54. The van der Waals surface area contributed by atoms with E-state index < -0.39 is 12.1 Å². The molecule has 5 heteroatoms. The molecule has 0 saturated carbocycles. The van der Waals surface area contributed by atoms with Crippen LogP contribution in [0.1, 0.15) is 20.3 Å². The van der Waals surface area contributed by atoms with Gasteiger partial charge in [-0.15, -0.1) is 0 Å². The zero-order valence-electron chi connectivity index (χ0n) is 8.82. The third-order valence-corrected chi connectivity index (χ3v) is 1.51. The molecule has 1 N–H and O–H groups in total. The summed E-state index contributed by atoms with van der Waals surface area (Å²) in [5, 5.41) is 8.38. The lowest BCUT2D eigenvalue weighted by Crippen LogP contribution is -2.30. The van der Waals surface area contributed by atoms with Gasteiger partial charge in [0.1, 0.15) is 0 Å². The number of hydrogen-bond donors (Lipinski definition) is 1. The molecule has 0 rings (SSSR count). The number of ether oxygens (including phenoxy) is 1. The highest BCUT2D eigenvalue weighted by molar-refractivity contribution is 5.70. The number of amides is 1. The van der Waals surface area contributed by atoms with Crippen LogP contribution in [0.4, 0.5) is 4.79 Å². The summed E-state index contributed by atoms with van der Waals surface area (Å²) in [5.41, 5.74) is 0. The fourth-order valence-corrected chi connectivity index (χ4v) is 0.703. The quantitative estimate of drug-likeness (QED) is 0.728. The molecule has 82 valence electrons. The number of carbonyl (C=O) groups is 2. The van der Waals surface area contributed by atoms with Crippen LogP contribution in [0, 0.1) is 5.92 Å². The molecule has 5 nitrogen and oxygen atoms in total. The molecule has 0 spiro atoms. The summed E-state index contributed by atoms with van der Waals surface area (Å²) in [4.78, 5) is 22.6. The Bertz CT molecular complexity index is 203. The van der Waals surface area contributed by atoms with Crippen molar-refractivity contribution >= 4 is 12.1 Å². The first-order chi connectivity index (χ1) is 6.43. The van der Waals surface area contributed by atoms with Crippen molar-refractivity contribution in [3.63, 3.8) is 0 Å². The number of nitrogens with zero attached hydrogens (tertiary/aromatic N) is 1. The van der Waals surface area contributed by atoms with Crippen LogP contribution in [0.15, 0.2) is 0 Å². The largest absolute Gasteiger partial charge is 0.481 e. The van der Waals surface area contributed by atoms with Gasteiger partial charge in [0, 0.05) is 13.6 Å². The zero-order chi connectivity index (χ0) is 11.1. The monoisotopic (exact) mass is 203 g/mol. The zero-order valence-corrected chi connectivity index (χ0v) is 8.82. The fraction of sp³-hybridized carbons (Fsp3) is 0.778. The lowest BCUT2D eigenvalue weighted by atomic mass is 10.2.